The van der Waals surface area contributed by atoms with Crippen LogP contribution in [0.5, 0.6) is 0 Å². The summed E-state index contributed by atoms with van der Waals surface area (Å²) in [5, 5.41) is 5.78. The van der Waals surface area contributed by atoms with Crippen molar-refractivity contribution in [1.82, 2.24) is 9.80 Å². The van der Waals surface area contributed by atoms with Crippen LogP contribution in [0.15, 0.2) is 24.3 Å². The molecule has 0 aliphatic carbocycles. The number of halogens is 1. The summed E-state index contributed by atoms with van der Waals surface area (Å²) in [7, 11) is -3.34. The van der Waals surface area contributed by atoms with Crippen molar-refractivity contribution in [2.75, 3.05) is 38.5 Å². The standard InChI is InChI=1S/C15H24ClN3O2S/c1-13(14-3-5-15(16)6-4-14)19-10-8-18(9-11-19)7-2-12-22(17,20)21/h3-6,13H,2,7-12H2,1H3,(H2,17,20,21)/t13-/m1/s1. The molecule has 1 aliphatic rings. The van der Waals surface area contributed by atoms with Gasteiger partial charge in [0.15, 0.2) is 0 Å². The van der Waals surface area contributed by atoms with Gasteiger partial charge in [-0.1, -0.05) is 23.7 Å². The van der Waals surface area contributed by atoms with Gasteiger partial charge in [-0.05, 0) is 37.6 Å². The van der Waals surface area contributed by atoms with E-state index in [1.54, 1.807) is 0 Å². The lowest BCUT2D eigenvalue weighted by Gasteiger charge is -2.38. The van der Waals surface area contributed by atoms with Crippen molar-refractivity contribution in [3.63, 3.8) is 0 Å². The van der Waals surface area contributed by atoms with Crippen molar-refractivity contribution in [3.05, 3.63) is 34.9 Å². The van der Waals surface area contributed by atoms with Crippen molar-refractivity contribution in [1.29, 1.82) is 0 Å². The van der Waals surface area contributed by atoms with Gasteiger partial charge < -0.3 is 4.90 Å². The average Bonchev–Trinajstić information content (AvgIpc) is 2.47. The van der Waals surface area contributed by atoms with Gasteiger partial charge in [-0.2, -0.15) is 0 Å². The molecule has 0 radical (unpaired) electrons. The highest BCUT2D eigenvalue weighted by Crippen LogP contribution is 2.23. The van der Waals surface area contributed by atoms with E-state index < -0.39 is 10.0 Å². The second-order valence-corrected chi connectivity index (χ2v) is 8.00. The molecular formula is C15H24ClN3O2S. The minimum absolute atomic E-state index is 0.0639. The number of hydrogen-bond acceptors (Lipinski definition) is 4. The zero-order valence-corrected chi connectivity index (χ0v) is 14.5. The number of primary sulfonamides is 1. The molecule has 2 N–H and O–H groups in total. The van der Waals surface area contributed by atoms with Crippen LogP contribution in [0.4, 0.5) is 0 Å². The van der Waals surface area contributed by atoms with Crippen LogP contribution in [0.2, 0.25) is 5.02 Å². The first kappa shape index (κ1) is 17.7. The Hall–Kier alpha value is -0.660. The van der Waals surface area contributed by atoms with Crippen molar-refractivity contribution >= 4 is 21.6 Å². The fourth-order valence-corrected chi connectivity index (χ4v) is 3.47. The first-order valence-corrected chi connectivity index (χ1v) is 9.67. The van der Waals surface area contributed by atoms with E-state index in [2.05, 4.69) is 28.9 Å². The third-order valence-corrected chi connectivity index (χ3v) is 5.32. The average molecular weight is 346 g/mol. The van der Waals surface area contributed by atoms with Crippen molar-refractivity contribution in [2.45, 2.75) is 19.4 Å². The Labute approximate surface area is 138 Å². The largest absolute Gasteiger partial charge is 0.301 e. The van der Waals surface area contributed by atoms with Gasteiger partial charge in [-0.15, -0.1) is 0 Å². The summed E-state index contributed by atoms with van der Waals surface area (Å²) in [6.07, 6.45) is 0.603. The summed E-state index contributed by atoms with van der Waals surface area (Å²) in [6.45, 7) is 6.89. The Bertz CT molecular complexity index is 569. The first-order valence-electron chi connectivity index (χ1n) is 7.57. The predicted octanol–water partition coefficient (Wildman–Crippen LogP) is 1.70. The summed E-state index contributed by atoms with van der Waals surface area (Å²) in [6, 6.07) is 8.37. The quantitative estimate of drug-likeness (QED) is 0.852. The van der Waals surface area contributed by atoms with Gasteiger partial charge in [0.25, 0.3) is 0 Å². The lowest BCUT2D eigenvalue weighted by molar-refractivity contribution is 0.102. The van der Waals surface area contributed by atoms with E-state index in [0.29, 0.717) is 12.5 Å². The van der Waals surface area contributed by atoms with Crippen LogP contribution in [-0.2, 0) is 10.0 Å². The lowest BCUT2D eigenvalue weighted by atomic mass is 10.1. The number of hydrogen-bond donors (Lipinski definition) is 1. The molecular weight excluding hydrogens is 322 g/mol. The monoisotopic (exact) mass is 345 g/mol. The lowest BCUT2D eigenvalue weighted by Crippen LogP contribution is -2.47. The third kappa shape index (κ3) is 5.52. The third-order valence-electron chi connectivity index (χ3n) is 4.21. The van der Waals surface area contributed by atoms with Gasteiger partial charge in [-0.3, -0.25) is 4.90 Å². The zero-order valence-electron chi connectivity index (χ0n) is 12.9. The number of rotatable bonds is 6. The van der Waals surface area contributed by atoms with E-state index in [0.717, 1.165) is 37.7 Å². The maximum Gasteiger partial charge on any atom is 0.209 e. The highest BCUT2D eigenvalue weighted by atomic mass is 35.5. The number of nitrogens with two attached hydrogens (primary N) is 1. The molecule has 1 aromatic carbocycles. The number of sulfonamides is 1. The first-order chi connectivity index (χ1) is 10.3. The van der Waals surface area contributed by atoms with E-state index in [1.165, 1.54) is 5.56 Å². The summed E-state index contributed by atoms with van der Waals surface area (Å²) in [4.78, 5) is 4.75. The molecule has 1 atom stereocenters. The smallest absolute Gasteiger partial charge is 0.209 e. The highest BCUT2D eigenvalue weighted by molar-refractivity contribution is 7.89. The molecule has 124 valence electrons. The second-order valence-electron chi connectivity index (χ2n) is 5.83. The molecule has 22 heavy (non-hydrogen) atoms. The molecule has 5 nitrogen and oxygen atoms in total. The van der Waals surface area contributed by atoms with E-state index in [9.17, 15) is 8.42 Å². The van der Waals surface area contributed by atoms with Crippen LogP contribution in [0, 0.1) is 0 Å². The molecule has 1 aliphatic heterocycles. The van der Waals surface area contributed by atoms with Crippen LogP contribution in [-0.4, -0.2) is 56.7 Å². The summed E-state index contributed by atoms with van der Waals surface area (Å²) >= 11 is 5.93. The van der Waals surface area contributed by atoms with E-state index in [4.69, 9.17) is 16.7 Å². The van der Waals surface area contributed by atoms with E-state index >= 15 is 0 Å². The number of benzene rings is 1. The molecule has 0 unspecified atom stereocenters. The van der Waals surface area contributed by atoms with Gasteiger partial charge >= 0.3 is 0 Å². The molecule has 1 heterocycles. The molecule has 0 amide bonds. The fraction of sp³-hybridized carbons (Fsp3) is 0.600. The number of nitrogens with zero attached hydrogens (tertiary/aromatic N) is 2. The van der Waals surface area contributed by atoms with Crippen molar-refractivity contribution in [3.8, 4) is 0 Å². The Balaban J connectivity index is 1.78. The van der Waals surface area contributed by atoms with Gasteiger partial charge in [-0.25, -0.2) is 13.6 Å². The minimum Gasteiger partial charge on any atom is -0.301 e. The molecule has 1 aromatic rings. The van der Waals surface area contributed by atoms with Crippen LogP contribution in [0.1, 0.15) is 24.9 Å². The van der Waals surface area contributed by atoms with Crippen LogP contribution < -0.4 is 5.14 Å². The molecule has 0 bridgehead atoms. The predicted molar refractivity (Wildman–Crippen MR) is 90.5 cm³/mol. The van der Waals surface area contributed by atoms with Crippen LogP contribution >= 0.6 is 11.6 Å². The summed E-state index contributed by atoms with van der Waals surface area (Å²) < 4.78 is 21.9. The maximum atomic E-state index is 10.9. The molecule has 2 rings (SSSR count). The van der Waals surface area contributed by atoms with Gasteiger partial charge in [0.05, 0.1) is 5.75 Å². The molecule has 0 spiro atoms. The van der Waals surface area contributed by atoms with Gasteiger partial charge in [0, 0.05) is 37.2 Å². The SMILES string of the molecule is C[C@H](c1ccc(Cl)cc1)N1CCN(CCCS(N)(=O)=O)CC1. The molecule has 0 aromatic heterocycles. The Morgan fingerprint density at radius 1 is 1.18 bits per heavy atom. The van der Waals surface area contributed by atoms with Gasteiger partial charge in [0.1, 0.15) is 0 Å². The fourth-order valence-electron chi connectivity index (χ4n) is 2.82. The van der Waals surface area contributed by atoms with Crippen molar-refractivity contribution in [2.24, 2.45) is 5.14 Å². The zero-order chi connectivity index (χ0) is 16.2. The van der Waals surface area contributed by atoms with E-state index in [-0.39, 0.29) is 5.75 Å². The molecule has 7 heteroatoms. The van der Waals surface area contributed by atoms with Crippen molar-refractivity contribution < 1.29 is 8.42 Å². The van der Waals surface area contributed by atoms with E-state index in [1.807, 2.05) is 12.1 Å². The minimum atomic E-state index is -3.34. The highest BCUT2D eigenvalue weighted by Gasteiger charge is 2.21. The molecule has 1 fully saturated rings. The molecule has 0 saturated carbocycles. The maximum absolute atomic E-state index is 10.9. The summed E-state index contributed by atoms with van der Waals surface area (Å²) in [5.41, 5.74) is 1.27. The Morgan fingerprint density at radius 2 is 1.77 bits per heavy atom. The van der Waals surface area contributed by atoms with Crippen LogP contribution in [0.25, 0.3) is 0 Å². The Morgan fingerprint density at radius 3 is 2.32 bits per heavy atom. The topological polar surface area (TPSA) is 66.6 Å². The Kier molecular flexibility index (Phi) is 6.23. The number of piperazine rings is 1. The molecule has 1 saturated heterocycles. The van der Waals surface area contributed by atoms with Gasteiger partial charge in [0.2, 0.25) is 10.0 Å². The normalized spacial score (nSPS) is 19.2. The van der Waals surface area contributed by atoms with Crippen LogP contribution in [0.3, 0.4) is 0 Å². The summed E-state index contributed by atoms with van der Waals surface area (Å²) in [5.74, 6) is 0.0639. The second kappa shape index (κ2) is 7.75.